The van der Waals surface area contributed by atoms with E-state index in [0.717, 1.165) is 5.56 Å². The Morgan fingerprint density at radius 2 is 2.08 bits per heavy atom. The molecule has 124 valence electrons. The summed E-state index contributed by atoms with van der Waals surface area (Å²) in [5.74, 6) is 0.276. The van der Waals surface area contributed by atoms with Crippen molar-refractivity contribution in [3.8, 4) is 0 Å². The Morgan fingerprint density at radius 3 is 2.75 bits per heavy atom. The maximum Gasteiger partial charge on any atom is 0.290 e. The lowest BCUT2D eigenvalue weighted by Crippen LogP contribution is -2.55. The third-order valence-electron chi connectivity index (χ3n) is 3.65. The third-order valence-corrected chi connectivity index (χ3v) is 3.65. The predicted octanol–water partition coefficient (Wildman–Crippen LogP) is 1.50. The normalized spacial score (nSPS) is 14.2. The molecule has 1 aromatic heterocycles. The maximum atomic E-state index is 12.5. The number of furan rings is 1. The molecule has 1 N–H and O–H groups in total. The summed E-state index contributed by atoms with van der Waals surface area (Å²) in [4.78, 5) is 30.1. The van der Waals surface area contributed by atoms with Gasteiger partial charge in [-0.2, -0.15) is 0 Å². The Balaban J connectivity index is 1.73. The van der Waals surface area contributed by atoms with Gasteiger partial charge in [0.25, 0.3) is 11.8 Å². The van der Waals surface area contributed by atoms with Gasteiger partial charge in [-0.1, -0.05) is 17.7 Å². The molecule has 0 atom stereocenters. The first kappa shape index (κ1) is 15.8. The number of hydrazine groups is 1. The summed E-state index contributed by atoms with van der Waals surface area (Å²) in [5.41, 5.74) is 4.57. The SMILES string of the molecule is Cc1ccc(N2NC(C(=O)N(C)Cc3ccco3)=NCC2=O)cc1. The van der Waals surface area contributed by atoms with Crippen LogP contribution in [0, 0.1) is 6.92 Å². The first-order chi connectivity index (χ1) is 11.5. The molecule has 7 nitrogen and oxygen atoms in total. The minimum absolute atomic E-state index is 0.0729. The molecule has 2 heterocycles. The number of likely N-dealkylation sites (N-methyl/N-ethyl adjacent to an activating group) is 1. The first-order valence-corrected chi connectivity index (χ1v) is 7.53. The smallest absolute Gasteiger partial charge is 0.290 e. The van der Waals surface area contributed by atoms with Crippen molar-refractivity contribution in [1.82, 2.24) is 10.3 Å². The van der Waals surface area contributed by atoms with Crippen LogP contribution in [-0.4, -0.2) is 36.1 Å². The minimum atomic E-state index is -0.309. The summed E-state index contributed by atoms with van der Waals surface area (Å²) in [7, 11) is 1.65. The van der Waals surface area contributed by atoms with Crippen LogP contribution in [0.3, 0.4) is 0 Å². The lowest BCUT2D eigenvalue weighted by Gasteiger charge is -2.29. The number of amidine groups is 1. The fraction of sp³-hybridized carbons (Fsp3) is 0.235. The van der Waals surface area contributed by atoms with E-state index >= 15 is 0 Å². The van der Waals surface area contributed by atoms with Crippen LogP contribution >= 0.6 is 0 Å². The number of nitrogens with zero attached hydrogens (tertiary/aromatic N) is 3. The van der Waals surface area contributed by atoms with E-state index in [1.54, 1.807) is 25.4 Å². The number of rotatable bonds is 4. The highest BCUT2D eigenvalue weighted by atomic mass is 16.3. The van der Waals surface area contributed by atoms with Gasteiger partial charge in [0.2, 0.25) is 5.84 Å². The van der Waals surface area contributed by atoms with Crippen molar-refractivity contribution in [2.75, 3.05) is 18.6 Å². The van der Waals surface area contributed by atoms with Gasteiger partial charge in [-0.05, 0) is 31.2 Å². The van der Waals surface area contributed by atoms with Crippen molar-refractivity contribution in [2.24, 2.45) is 4.99 Å². The Labute approximate surface area is 139 Å². The molecular formula is C17H18N4O3. The van der Waals surface area contributed by atoms with E-state index < -0.39 is 0 Å². The molecule has 0 fully saturated rings. The standard InChI is InChI=1S/C17H18N4O3/c1-12-5-7-13(8-6-12)21-15(22)10-18-16(19-21)17(23)20(2)11-14-4-3-9-24-14/h3-9H,10-11H2,1-2H3,(H,18,19). The van der Waals surface area contributed by atoms with Gasteiger partial charge >= 0.3 is 0 Å². The summed E-state index contributed by atoms with van der Waals surface area (Å²) in [5, 5.41) is 1.35. The van der Waals surface area contributed by atoms with Crippen LogP contribution in [0.4, 0.5) is 5.69 Å². The lowest BCUT2D eigenvalue weighted by molar-refractivity contribution is -0.124. The Hall–Kier alpha value is -3.09. The molecular weight excluding hydrogens is 308 g/mol. The van der Waals surface area contributed by atoms with E-state index in [0.29, 0.717) is 18.0 Å². The van der Waals surface area contributed by atoms with Gasteiger partial charge in [-0.15, -0.1) is 0 Å². The van der Waals surface area contributed by atoms with Crippen molar-refractivity contribution in [2.45, 2.75) is 13.5 Å². The van der Waals surface area contributed by atoms with Crippen molar-refractivity contribution < 1.29 is 14.0 Å². The summed E-state index contributed by atoms with van der Waals surface area (Å²) in [6.07, 6.45) is 1.56. The van der Waals surface area contributed by atoms with Crippen LogP contribution in [0.15, 0.2) is 52.1 Å². The first-order valence-electron chi connectivity index (χ1n) is 7.53. The van der Waals surface area contributed by atoms with Gasteiger partial charge in [0.1, 0.15) is 12.3 Å². The van der Waals surface area contributed by atoms with Crippen LogP contribution in [0.5, 0.6) is 0 Å². The molecule has 3 rings (SSSR count). The zero-order chi connectivity index (χ0) is 17.1. The van der Waals surface area contributed by atoms with E-state index in [4.69, 9.17) is 4.42 Å². The number of aryl methyl sites for hydroxylation is 1. The largest absolute Gasteiger partial charge is 0.467 e. The second kappa shape index (κ2) is 6.57. The zero-order valence-corrected chi connectivity index (χ0v) is 13.5. The Bertz CT molecular complexity index is 766. The molecule has 0 bridgehead atoms. The topological polar surface area (TPSA) is 78.2 Å². The predicted molar refractivity (Wildman–Crippen MR) is 89.3 cm³/mol. The minimum Gasteiger partial charge on any atom is -0.467 e. The summed E-state index contributed by atoms with van der Waals surface area (Å²) in [6.45, 7) is 2.22. The van der Waals surface area contributed by atoms with Crippen molar-refractivity contribution in [1.29, 1.82) is 0 Å². The summed E-state index contributed by atoms with van der Waals surface area (Å²) < 4.78 is 5.24. The molecule has 1 aliphatic heterocycles. The zero-order valence-electron chi connectivity index (χ0n) is 13.5. The number of benzene rings is 1. The summed E-state index contributed by atoms with van der Waals surface area (Å²) in [6, 6.07) is 11.0. The molecule has 24 heavy (non-hydrogen) atoms. The van der Waals surface area contributed by atoms with Crippen molar-refractivity contribution >= 4 is 23.3 Å². The molecule has 0 saturated carbocycles. The number of hydrogen-bond donors (Lipinski definition) is 1. The molecule has 2 amide bonds. The van der Waals surface area contributed by atoms with E-state index in [1.807, 2.05) is 31.2 Å². The molecule has 7 heteroatoms. The molecule has 1 aliphatic rings. The maximum absolute atomic E-state index is 12.5. The van der Waals surface area contributed by atoms with Crippen molar-refractivity contribution in [3.05, 3.63) is 54.0 Å². The highest BCUT2D eigenvalue weighted by Crippen LogP contribution is 2.15. The van der Waals surface area contributed by atoms with Gasteiger partial charge in [0, 0.05) is 7.05 Å². The van der Waals surface area contributed by atoms with Crippen LogP contribution in [0.2, 0.25) is 0 Å². The lowest BCUT2D eigenvalue weighted by atomic mass is 10.2. The van der Waals surface area contributed by atoms with Crippen molar-refractivity contribution in [3.63, 3.8) is 0 Å². The number of carbonyl (C=O) groups excluding carboxylic acids is 2. The van der Waals surface area contributed by atoms with E-state index in [9.17, 15) is 9.59 Å². The molecule has 0 radical (unpaired) electrons. The van der Waals surface area contributed by atoms with Crippen LogP contribution in [0.1, 0.15) is 11.3 Å². The van der Waals surface area contributed by atoms with E-state index in [-0.39, 0.29) is 24.2 Å². The molecule has 0 saturated heterocycles. The van der Waals surface area contributed by atoms with Crippen LogP contribution < -0.4 is 10.4 Å². The average Bonchev–Trinajstić information content (AvgIpc) is 3.08. The Morgan fingerprint density at radius 1 is 1.33 bits per heavy atom. The second-order valence-electron chi connectivity index (χ2n) is 5.58. The number of carbonyl (C=O) groups is 2. The number of nitrogens with one attached hydrogen (secondary N) is 1. The number of anilines is 1. The molecule has 0 aliphatic carbocycles. The fourth-order valence-corrected chi connectivity index (χ4v) is 2.33. The number of amides is 2. The molecule has 1 aromatic carbocycles. The Kier molecular flexibility index (Phi) is 4.33. The second-order valence-corrected chi connectivity index (χ2v) is 5.58. The van der Waals surface area contributed by atoms with E-state index in [2.05, 4.69) is 10.4 Å². The average molecular weight is 326 g/mol. The monoisotopic (exact) mass is 326 g/mol. The highest BCUT2D eigenvalue weighted by Gasteiger charge is 2.27. The number of aliphatic imine (C=N–C) groups is 1. The van der Waals surface area contributed by atoms with Crippen LogP contribution in [-0.2, 0) is 16.1 Å². The summed E-state index contributed by atoms with van der Waals surface area (Å²) >= 11 is 0. The molecule has 0 spiro atoms. The van der Waals surface area contributed by atoms with Gasteiger partial charge in [0.05, 0.1) is 18.5 Å². The fourth-order valence-electron chi connectivity index (χ4n) is 2.33. The number of hydrogen-bond acceptors (Lipinski definition) is 5. The van der Waals surface area contributed by atoms with E-state index in [1.165, 1.54) is 9.91 Å². The highest BCUT2D eigenvalue weighted by molar-refractivity contribution is 6.39. The third kappa shape index (κ3) is 3.29. The van der Waals surface area contributed by atoms with Gasteiger partial charge in [-0.3, -0.25) is 20.0 Å². The molecule has 2 aromatic rings. The van der Waals surface area contributed by atoms with Crippen LogP contribution in [0.25, 0.3) is 0 Å². The van der Waals surface area contributed by atoms with Gasteiger partial charge in [-0.25, -0.2) is 5.01 Å². The molecule has 0 unspecified atom stereocenters. The van der Waals surface area contributed by atoms with Gasteiger partial charge in [0.15, 0.2) is 0 Å². The van der Waals surface area contributed by atoms with Gasteiger partial charge < -0.3 is 9.32 Å². The quantitative estimate of drug-likeness (QED) is 0.923.